The Balaban J connectivity index is 1.41. The highest BCUT2D eigenvalue weighted by Gasteiger charge is 2.36. The maximum atomic E-state index is 12.9. The van der Waals surface area contributed by atoms with Crippen LogP contribution in [0.5, 0.6) is 0 Å². The van der Waals surface area contributed by atoms with E-state index in [0.29, 0.717) is 0 Å². The van der Waals surface area contributed by atoms with Crippen molar-refractivity contribution in [2.45, 2.75) is 6.04 Å². The van der Waals surface area contributed by atoms with Crippen molar-refractivity contribution in [3.8, 4) is 0 Å². The molecule has 3 aromatic carbocycles. The Morgan fingerprint density at radius 2 is 1.24 bits per heavy atom. The van der Waals surface area contributed by atoms with E-state index in [9.17, 15) is 19.2 Å². The van der Waals surface area contributed by atoms with Crippen molar-refractivity contribution < 1.29 is 23.9 Å². The summed E-state index contributed by atoms with van der Waals surface area (Å²) in [7, 11) is 1.64. The number of hydrogen-bond acceptors (Lipinski definition) is 5. The van der Waals surface area contributed by atoms with Gasteiger partial charge in [-0.25, -0.2) is 0 Å². The maximum Gasteiger partial charge on any atom is 0.326 e. The summed E-state index contributed by atoms with van der Waals surface area (Å²) >= 11 is 0. The van der Waals surface area contributed by atoms with Crippen LogP contribution in [-0.4, -0.2) is 53.7 Å². The van der Waals surface area contributed by atoms with Gasteiger partial charge >= 0.3 is 5.97 Å². The number of amides is 3. The Hall–Kier alpha value is -4.26. The Labute approximate surface area is 191 Å². The number of rotatable bonds is 7. The van der Waals surface area contributed by atoms with E-state index in [-0.39, 0.29) is 17.2 Å². The van der Waals surface area contributed by atoms with Gasteiger partial charge in [0.2, 0.25) is 0 Å². The zero-order valence-electron chi connectivity index (χ0n) is 18.0. The molecule has 0 radical (unpaired) electrons. The first kappa shape index (κ1) is 22.0. The van der Waals surface area contributed by atoms with Gasteiger partial charge < -0.3 is 9.64 Å². The van der Waals surface area contributed by atoms with Crippen LogP contribution >= 0.6 is 0 Å². The number of nitrogens with zero attached hydrogens (tertiary/aromatic N) is 2. The number of esters is 1. The van der Waals surface area contributed by atoms with E-state index >= 15 is 0 Å². The summed E-state index contributed by atoms with van der Waals surface area (Å²) < 4.78 is 5.13. The molecular formula is C26H22N2O5. The van der Waals surface area contributed by atoms with Gasteiger partial charge in [-0.15, -0.1) is 0 Å². The minimum atomic E-state index is -0.831. The van der Waals surface area contributed by atoms with Crippen molar-refractivity contribution in [3.63, 3.8) is 0 Å². The molecule has 0 fully saturated rings. The van der Waals surface area contributed by atoms with Gasteiger partial charge in [0, 0.05) is 7.05 Å². The molecule has 1 aliphatic heterocycles. The first-order valence-electron chi connectivity index (χ1n) is 10.4. The van der Waals surface area contributed by atoms with Crippen LogP contribution < -0.4 is 0 Å². The molecule has 33 heavy (non-hydrogen) atoms. The number of carbonyl (C=O) groups is 4. The number of hydrogen-bond donors (Lipinski definition) is 0. The standard InChI is InChI=1S/C26H22N2O5/c1-27(24(18-10-4-2-5-11-18)19-12-6-3-7-13-19)22(29)17-33-23(30)16-28-25(31)20-14-8-9-15-21(20)26(28)32/h2-15,24H,16-17H2,1H3. The lowest BCUT2D eigenvalue weighted by atomic mass is 9.97. The van der Waals surface area contributed by atoms with Crippen LogP contribution in [0.2, 0.25) is 0 Å². The van der Waals surface area contributed by atoms with E-state index < -0.39 is 36.8 Å². The van der Waals surface area contributed by atoms with E-state index in [1.165, 1.54) is 17.0 Å². The Bertz CT molecular complexity index is 1120. The van der Waals surface area contributed by atoms with Crippen molar-refractivity contribution in [2.24, 2.45) is 0 Å². The van der Waals surface area contributed by atoms with Crippen LogP contribution in [0.3, 0.4) is 0 Å². The van der Waals surface area contributed by atoms with E-state index in [0.717, 1.165) is 16.0 Å². The molecule has 166 valence electrons. The van der Waals surface area contributed by atoms with Gasteiger partial charge in [-0.2, -0.15) is 0 Å². The molecule has 1 aliphatic rings. The first-order valence-corrected chi connectivity index (χ1v) is 10.4. The fourth-order valence-corrected chi connectivity index (χ4v) is 3.86. The molecule has 3 amide bonds. The Morgan fingerprint density at radius 3 is 1.73 bits per heavy atom. The lowest BCUT2D eigenvalue weighted by Crippen LogP contribution is -2.38. The second kappa shape index (κ2) is 9.48. The zero-order chi connectivity index (χ0) is 23.4. The lowest BCUT2D eigenvalue weighted by Gasteiger charge is -2.29. The molecular weight excluding hydrogens is 420 g/mol. The molecule has 1 heterocycles. The van der Waals surface area contributed by atoms with Gasteiger partial charge in [0.25, 0.3) is 17.7 Å². The summed E-state index contributed by atoms with van der Waals surface area (Å²) in [6.45, 7) is -1.06. The van der Waals surface area contributed by atoms with Gasteiger partial charge in [0.15, 0.2) is 6.61 Å². The molecule has 4 rings (SSSR count). The summed E-state index contributed by atoms with van der Waals surface area (Å²) in [6.07, 6.45) is 0. The van der Waals surface area contributed by atoms with Crippen molar-refractivity contribution in [1.29, 1.82) is 0 Å². The van der Waals surface area contributed by atoms with Crippen molar-refractivity contribution in [3.05, 3.63) is 107 Å². The average Bonchev–Trinajstić information content (AvgIpc) is 3.09. The van der Waals surface area contributed by atoms with E-state index in [4.69, 9.17) is 4.74 Å². The first-order chi connectivity index (χ1) is 16.0. The smallest absolute Gasteiger partial charge is 0.326 e. The van der Waals surface area contributed by atoms with Crippen LogP contribution in [-0.2, 0) is 14.3 Å². The van der Waals surface area contributed by atoms with Crippen molar-refractivity contribution in [1.82, 2.24) is 9.80 Å². The summed E-state index contributed by atoms with van der Waals surface area (Å²) in [5.41, 5.74) is 2.33. The minimum absolute atomic E-state index is 0.250. The topological polar surface area (TPSA) is 84.0 Å². The van der Waals surface area contributed by atoms with Crippen LogP contribution in [0.1, 0.15) is 37.9 Å². The Morgan fingerprint density at radius 1 is 0.788 bits per heavy atom. The van der Waals surface area contributed by atoms with Crippen LogP contribution in [0, 0.1) is 0 Å². The third-order valence-corrected chi connectivity index (χ3v) is 5.53. The molecule has 0 saturated heterocycles. The highest BCUT2D eigenvalue weighted by molar-refractivity contribution is 6.22. The second-order valence-corrected chi connectivity index (χ2v) is 7.63. The highest BCUT2D eigenvalue weighted by Crippen LogP contribution is 2.27. The van der Waals surface area contributed by atoms with Crippen molar-refractivity contribution >= 4 is 23.7 Å². The van der Waals surface area contributed by atoms with Gasteiger partial charge in [-0.3, -0.25) is 24.1 Å². The minimum Gasteiger partial charge on any atom is -0.454 e. The summed E-state index contributed by atoms with van der Waals surface area (Å²) in [5, 5.41) is 0. The molecule has 7 nitrogen and oxygen atoms in total. The molecule has 0 N–H and O–H groups in total. The molecule has 0 saturated carbocycles. The van der Waals surface area contributed by atoms with Gasteiger partial charge in [-0.05, 0) is 23.3 Å². The molecule has 0 unspecified atom stereocenters. The second-order valence-electron chi connectivity index (χ2n) is 7.63. The SMILES string of the molecule is CN(C(=O)COC(=O)CN1C(=O)c2ccccc2C1=O)C(c1ccccc1)c1ccccc1. The average molecular weight is 442 g/mol. The Kier molecular flexibility index (Phi) is 6.31. The third-order valence-electron chi connectivity index (χ3n) is 5.53. The monoisotopic (exact) mass is 442 g/mol. The summed E-state index contributed by atoms with van der Waals surface area (Å²) in [5.74, 6) is -2.35. The van der Waals surface area contributed by atoms with Gasteiger partial charge in [-0.1, -0.05) is 72.8 Å². The van der Waals surface area contributed by atoms with Crippen LogP contribution in [0.25, 0.3) is 0 Å². The van der Waals surface area contributed by atoms with E-state index in [1.54, 1.807) is 19.2 Å². The largest absolute Gasteiger partial charge is 0.454 e. The number of likely N-dealkylation sites (N-methyl/N-ethyl adjacent to an activating group) is 1. The molecule has 0 bridgehead atoms. The molecule has 0 atom stereocenters. The fraction of sp³-hybridized carbons (Fsp3) is 0.154. The number of ether oxygens (including phenoxy) is 1. The molecule has 0 aliphatic carbocycles. The maximum absolute atomic E-state index is 12.9. The van der Waals surface area contributed by atoms with Crippen molar-refractivity contribution in [2.75, 3.05) is 20.2 Å². The van der Waals surface area contributed by atoms with E-state index in [2.05, 4.69) is 0 Å². The third kappa shape index (κ3) is 4.52. The quantitative estimate of drug-likeness (QED) is 0.415. The predicted molar refractivity (Wildman–Crippen MR) is 120 cm³/mol. The zero-order valence-corrected chi connectivity index (χ0v) is 18.0. The van der Waals surface area contributed by atoms with Crippen LogP contribution in [0.15, 0.2) is 84.9 Å². The molecule has 0 aromatic heterocycles. The van der Waals surface area contributed by atoms with Gasteiger partial charge in [0.05, 0.1) is 17.2 Å². The molecule has 3 aromatic rings. The summed E-state index contributed by atoms with van der Waals surface area (Å²) in [4.78, 5) is 52.4. The molecule has 7 heteroatoms. The summed E-state index contributed by atoms with van der Waals surface area (Å²) in [6, 6.07) is 25.1. The normalized spacial score (nSPS) is 12.6. The number of imide groups is 1. The number of carbonyl (C=O) groups excluding carboxylic acids is 4. The number of benzene rings is 3. The number of fused-ring (bicyclic) bond motifs is 1. The molecule has 0 spiro atoms. The fourth-order valence-electron chi connectivity index (χ4n) is 3.86. The van der Waals surface area contributed by atoms with Gasteiger partial charge in [0.1, 0.15) is 6.54 Å². The predicted octanol–water partition coefficient (Wildman–Crippen LogP) is 3.07. The van der Waals surface area contributed by atoms with Crippen LogP contribution in [0.4, 0.5) is 0 Å². The van der Waals surface area contributed by atoms with E-state index in [1.807, 2.05) is 60.7 Å². The highest BCUT2D eigenvalue weighted by atomic mass is 16.5. The lowest BCUT2D eigenvalue weighted by molar-refractivity contribution is -0.152.